The van der Waals surface area contributed by atoms with Gasteiger partial charge in [-0.15, -0.1) is 0 Å². The van der Waals surface area contributed by atoms with Crippen LogP contribution in [-0.4, -0.2) is 30.2 Å². The molecule has 0 heterocycles. The molecule has 0 radical (unpaired) electrons. The van der Waals surface area contributed by atoms with E-state index in [-0.39, 0.29) is 0 Å². The van der Waals surface area contributed by atoms with E-state index in [1.807, 2.05) is 6.92 Å². The van der Waals surface area contributed by atoms with E-state index in [0.717, 1.165) is 19.4 Å². The number of nitrogens with two attached hydrogens (primary N) is 1. The van der Waals surface area contributed by atoms with Gasteiger partial charge in [-0.2, -0.15) is 0 Å². The van der Waals surface area contributed by atoms with Crippen molar-refractivity contribution in [3.05, 3.63) is 0 Å². The first-order valence-electron chi connectivity index (χ1n) is 4.38. The summed E-state index contributed by atoms with van der Waals surface area (Å²) in [6.45, 7) is 3.31. The molecule has 0 amide bonds. The third-order valence-electron chi connectivity index (χ3n) is 1.64. The van der Waals surface area contributed by atoms with Crippen LogP contribution in [0.2, 0.25) is 0 Å². The topological polar surface area (TPSA) is 75.3 Å². The van der Waals surface area contributed by atoms with Gasteiger partial charge in [0.25, 0.3) is 0 Å². The fourth-order valence-corrected chi connectivity index (χ4v) is 0.953. The quantitative estimate of drug-likeness (QED) is 0.514. The highest BCUT2D eigenvalue weighted by atomic mass is 16.4. The Morgan fingerprint density at radius 2 is 2.33 bits per heavy atom. The van der Waals surface area contributed by atoms with Gasteiger partial charge in [-0.25, -0.2) is 0 Å². The molecule has 0 unspecified atom stereocenters. The average molecular weight is 174 g/mol. The summed E-state index contributed by atoms with van der Waals surface area (Å²) < 4.78 is 0. The number of carbonyl (C=O) groups is 1. The zero-order valence-corrected chi connectivity index (χ0v) is 7.55. The van der Waals surface area contributed by atoms with Crippen molar-refractivity contribution in [1.29, 1.82) is 0 Å². The minimum atomic E-state index is -0.781. The molecule has 0 aliphatic rings. The molecular formula is C8H18N2O2. The summed E-state index contributed by atoms with van der Waals surface area (Å²) in [4.78, 5) is 10.6. The maximum Gasteiger partial charge on any atom is 0.320 e. The van der Waals surface area contributed by atoms with Gasteiger partial charge >= 0.3 is 5.97 Å². The largest absolute Gasteiger partial charge is 0.480 e. The summed E-state index contributed by atoms with van der Waals surface area (Å²) in [7, 11) is 0. The number of nitrogens with one attached hydrogen (secondary N) is 1. The fraction of sp³-hybridized carbons (Fsp3) is 0.875. The van der Waals surface area contributed by atoms with Gasteiger partial charge in [-0.3, -0.25) is 4.79 Å². The van der Waals surface area contributed by atoms with Crippen LogP contribution in [0.3, 0.4) is 0 Å². The second kappa shape index (κ2) is 7.06. The van der Waals surface area contributed by atoms with Gasteiger partial charge in [0.05, 0.1) is 0 Å². The van der Waals surface area contributed by atoms with Crippen LogP contribution in [-0.2, 0) is 4.79 Å². The standard InChI is InChI=1S/C8H18N2O2/c1-2-6-10-7(8(11)12)4-3-5-9/h7,10H,2-6,9H2,1H3,(H,11,12)/t7-/m0/s1. The Labute approximate surface area is 73.1 Å². The van der Waals surface area contributed by atoms with Crippen LogP contribution in [0.1, 0.15) is 26.2 Å². The molecule has 4 nitrogen and oxygen atoms in total. The highest BCUT2D eigenvalue weighted by molar-refractivity contribution is 5.73. The van der Waals surface area contributed by atoms with Gasteiger partial charge in [0.2, 0.25) is 0 Å². The van der Waals surface area contributed by atoms with Gasteiger partial charge in [-0.05, 0) is 32.4 Å². The Balaban J connectivity index is 3.62. The van der Waals surface area contributed by atoms with Gasteiger partial charge in [0.15, 0.2) is 0 Å². The lowest BCUT2D eigenvalue weighted by Gasteiger charge is -2.12. The van der Waals surface area contributed by atoms with Crippen LogP contribution >= 0.6 is 0 Å². The molecule has 0 saturated carbocycles. The van der Waals surface area contributed by atoms with Crippen LogP contribution in [0, 0.1) is 0 Å². The number of rotatable bonds is 7. The Hall–Kier alpha value is -0.610. The number of carboxylic acid groups (broad SMARTS) is 1. The molecule has 0 aromatic rings. The van der Waals surface area contributed by atoms with E-state index >= 15 is 0 Å². The predicted octanol–water partition coefficient (Wildman–Crippen LogP) is 0.178. The number of carboxylic acids is 1. The van der Waals surface area contributed by atoms with Crippen molar-refractivity contribution in [2.45, 2.75) is 32.2 Å². The Bertz CT molecular complexity index is 120. The Kier molecular flexibility index (Phi) is 6.70. The van der Waals surface area contributed by atoms with Crippen molar-refractivity contribution in [1.82, 2.24) is 5.32 Å². The molecule has 0 aromatic heterocycles. The van der Waals surface area contributed by atoms with Crippen LogP contribution in [0.5, 0.6) is 0 Å². The van der Waals surface area contributed by atoms with Crippen molar-refractivity contribution in [2.75, 3.05) is 13.1 Å². The fourth-order valence-electron chi connectivity index (χ4n) is 0.953. The highest BCUT2D eigenvalue weighted by Gasteiger charge is 2.14. The van der Waals surface area contributed by atoms with Crippen molar-refractivity contribution in [2.24, 2.45) is 5.73 Å². The van der Waals surface area contributed by atoms with Crippen LogP contribution < -0.4 is 11.1 Å². The first-order valence-corrected chi connectivity index (χ1v) is 4.38. The van der Waals surface area contributed by atoms with E-state index in [1.165, 1.54) is 0 Å². The first kappa shape index (κ1) is 11.4. The minimum absolute atomic E-state index is 0.423. The normalized spacial score (nSPS) is 12.8. The van der Waals surface area contributed by atoms with E-state index in [2.05, 4.69) is 5.32 Å². The third kappa shape index (κ3) is 5.09. The average Bonchev–Trinajstić information content (AvgIpc) is 2.04. The van der Waals surface area contributed by atoms with Gasteiger partial charge in [0.1, 0.15) is 6.04 Å². The molecule has 0 aliphatic carbocycles. The molecule has 4 heteroatoms. The van der Waals surface area contributed by atoms with Crippen molar-refractivity contribution in [3.63, 3.8) is 0 Å². The smallest absolute Gasteiger partial charge is 0.320 e. The van der Waals surface area contributed by atoms with E-state index < -0.39 is 12.0 Å². The molecule has 4 N–H and O–H groups in total. The summed E-state index contributed by atoms with van der Waals surface area (Å²) >= 11 is 0. The summed E-state index contributed by atoms with van der Waals surface area (Å²) in [6.07, 6.45) is 2.33. The maximum atomic E-state index is 10.6. The molecule has 12 heavy (non-hydrogen) atoms. The minimum Gasteiger partial charge on any atom is -0.480 e. The lowest BCUT2D eigenvalue weighted by Crippen LogP contribution is -2.37. The number of hydrogen-bond donors (Lipinski definition) is 3. The summed E-state index contributed by atoms with van der Waals surface area (Å²) in [6, 6.07) is -0.423. The van der Waals surface area contributed by atoms with Crippen LogP contribution in [0.4, 0.5) is 0 Å². The molecule has 0 aromatic carbocycles. The zero-order chi connectivity index (χ0) is 9.40. The lowest BCUT2D eigenvalue weighted by molar-refractivity contribution is -0.139. The molecule has 0 rings (SSSR count). The molecule has 0 saturated heterocycles. The van der Waals surface area contributed by atoms with Crippen molar-refractivity contribution in [3.8, 4) is 0 Å². The zero-order valence-electron chi connectivity index (χ0n) is 7.55. The van der Waals surface area contributed by atoms with Crippen LogP contribution in [0.15, 0.2) is 0 Å². The van der Waals surface area contributed by atoms with Crippen molar-refractivity contribution >= 4 is 5.97 Å². The molecule has 72 valence electrons. The third-order valence-corrected chi connectivity index (χ3v) is 1.64. The van der Waals surface area contributed by atoms with Crippen LogP contribution in [0.25, 0.3) is 0 Å². The predicted molar refractivity (Wildman–Crippen MR) is 48.0 cm³/mol. The number of hydrogen-bond acceptors (Lipinski definition) is 3. The first-order chi connectivity index (χ1) is 5.72. The molecule has 0 bridgehead atoms. The van der Waals surface area contributed by atoms with E-state index in [1.54, 1.807) is 0 Å². The highest BCUT2D eigenvalue weighted by Crippen LogP contribution is 1.96. The second-order valence-corrected chi connectivity index (χ2v) is 2.78. The maximum absolute atomic E-state index is 10.6. The Morgan fingerprint density at radius 1 is 1.67 bits per heavy atom. The van der Waals surface area contributed by atoms with Gasteiger partial charge < -0.3 is 16.2 Å². The van der Waals surface area contributed by atoms with Crippen molar-refractivity contribution < 1.29 is 9.90 Å². The van der Waals surface area contributed by atoms with Gasteiger partial charge in [0, 0.05) is 0 Å². The second-order valence-electron chi connectivity index (χ2n) is 2.78. The number of aliphatic carboxylic acids is 1. The molecular weight excluding hydrogens is 156 g/mol. The van der Waals surface area contributed by atoms with E-state index in [0.29, 0.717) is 13.0 Å². The molecule has 0 fully saturated rings. The summed E-state index contributed by atoms with van der Waals surface area (Å²) in [5, 5.41) is 11.7. The summed E-state index contributed by atoms with van der Waals surface area (Å²) in [5.41, 5.74) is 5.28. The van der Waals surface area contributed by atoms with E-state index in [9.17, 15) is 4.79 Å². The molecule has 0 spiro atoms. The Morgan fingerprint density at radius 3 is 2.75 bits per heavy atom. The monoisotopic (exact) mass is 174 g/mol. The SMILES string of the molecule is CCCN[C@@H](CCCN)C(=O)O. The lowest BCUT2D eigenvalue weighted by atomic mass is 10.1. The molecule has 1 atom stereocenters. The van der Waals surface area contributed by atoms with E-state index in [4.69, 9.17) is 10.8 Å². The van der Waals surface area contributed by atoms with Gasteiger partial charge in [-0.1, -0.05) is 6.92 Å². The summed E-state index contributed by atoms with van der Waals surface area (Å²) in [5.74, 6) is -0.781. The molecule has 0 aliphatic heterocycles.